The van der Waals surface area contributed by atoms with E-state index in [9.17, 15) is 9.59 Å². The molecule has 2 heterocycles. The number of benzene rings is 1. The number of halogens is 1. The van der Waals surface area contributed by atoms with Gasteiger partial charge in [0.2, 0.25) is 0 Å². The molecule has 130 valence electrons. The molecule has 0 bridgehead atoms. The van der Waals surface area contributed by atoms with Crippen LogP contribution < -0.4 is 10.3 Å². The molecule has 3 rings (SSSR count). The third-order valence-electron chi connectivity index (χ3n) is 3.65. The highest BCUT2D eigenvalue weighted by atomic mass is 79.9. The van der Waals surface area contributed by atoms with Crippen molar-refractivity contribution < 1.29 is 9.53 Å². The molecule has 0 amide bonds. The third-order valence-corrected chi connectivity index (χ3v) is 6.14. The summed E-state index contributed by atoms with van der Waals surface area (Å²) < 4.78 is 8.17. The van der Waals surface area contributed by atoms with Gasteiger partial charge in [-0.3, -0.25) is 14.2 Å². The van der Waals surface area contributed by atoms with E-state index in [4.69, 9.17) is 4.74 Å². The first kappa shape index (κ1) is 18.2. The van der Waals surface area contributed by atoms with Crippen LogP contribution in [0.4, 0.5) is 0 Å². The number of ether oxygens (including phenoxy) is 1. The number of carbonyl (C=O) groups excluding carboxylic acids is 1. The second-order valence-corrected chi connectivity index (χ2v) is 7.85. The van der Waals surface area contributed by atoms with Crippen LogP contribution in [0.25, 0.3) is 10.2 Å². The molecular formula is C17H15BrN2O3S2. The molecule has 2 aromatic heterocycles. The molecule has 0 spiro atoms. The Morgan fingerprint density at radius 3 is 2.88 bits per heavy atom. The van der Waals surface area contributed by atoms with Crippen LogP contribution in [0.1, 0.15) is 17.3 Å². The van der Waals surface area contributed by atoms with E-state index < -0.39 is 0 Å². The van der Waals surface area contributed by atoms with E-state index in [1.54, 1.807) is 29.9 Å². The molecule has 25 heavy (non-hydrogen) atoms. The molecule has 3 aromatic rings. The number of aromatic nitrogens is 2. The van der Waals surface area contributed by atoms with Gasteiger partial charge in [-0.05, 0) is 52.5 Å². The highest BCUT2D eigenvalue weighted by Crippen LogP contribution is 2.27. The van der Waals surface area contributed by atoms with E-state index in [2.05, 4.69) is 20.9 Å². The van der Waals surface area contributed by atoms with Crippen molar-refractivity contribution in [2.24, 2.45) is 0 Å². The highest BCUT2D eigenvalue weighted by Gasteiger charge is 2.15. The van der Waals surface area contributed by atoms with E-state index in [0.717, 1.165) is 4.47 Å². The average molecular weight is 439 g/mol. The first-order valence-corrected chi connectivity index (χ1v) is 10.2. The van der Waals surface area contributed by atoms with E-state index in [1.807, 2.05) is 18.4 Å². The van der Waals surface area contributed by atoms with Crippen molar-refractivity contribution >= 4 is 55.0 Å². The van der Waals surface area contributed by atoms with Gasteiger partial charge in [-0.25, -0.2) is 4.98 Å². The Hall–Kier alpha value is -1.64. The van der Waals surface area contributed by atoms with Crippen LogP contribution in [0, 0.1) is 0 Å². The van der Waals surface area contributed by atoms with Crippen LogP contribution in [0.15, 0.2) is 44.1 Å². The molecule has 1 aromatic carbocycles. The maximum atomic E-state index is 12.5. The quantitative estimate of drug-likeness (QED) is 0.327. The van der Waals surface area contributed by atoms with Gasteiger partial charge < -0.3 is 4.74 Å². The second-order valence-electron chi connectivity index (χ2n) is 5.14. The molecular weight excluding hydrogens is 424 g/mol. The standard InChI is InChI=1S/C17H15BrN2O3S2/c1-3-20-16(22)15-12(6-7-24-15)19-17(20)25-9-13(21)10-4-5-14(23-2)11(18)8-10/h4-8H,3,9H2,1-2H3. The summed E-state index contributed by atoms with van der Waals surface area (Å²) in [6.45, 7) is 2.42. The predicted octanol–water partition coefficient (Wildman–Crippen LogP) is 4.22. The fourth-order valence-electron chi connectivity index (χ4n) is 2.37. The Morgan fingerprint density at radius 1 is 1.40 bits per heavy atom. The van der Waals surface area contributed by atoms with Gasteiger partial charge in [0.15, 0.2) is 10.9 Å². The number of fused-ring (bicyclic) bond motifs is 1. The highest BCUT2D eigenvalue weighted by molar-refractivity contribution is 9.10. The number of methoxy groups -OCH3 is 1. The van der Waals surface area contributed by atoms with Gasteiger partial charge in [-0.2, -0.15) is 0 Å². The molecule has 0 saturated carbocycles. The minimum atomic E-state index is -0.0513. The first-order valence-electron chi connectivity index (χ1n) is 7.52. The molecule has 0 fully saturated rings. The van der Waals surface area contributed by atoms with Gasteiger partial charge >= 0.3 is 0 Å². The predicted molar refractivity (Wildman–Crippen MR) is 105 cm³/mol. The molecule has 5 nitrogen and oxygen atoms in total. The van der Waals surface area contributed by atoms with Crippen molar-refractivity contribution in [1.82, 2.24) is 9.55 Å². The van der Waals surface area contributed by atoms with Gasteiger partial charge in [0.25, 0.3) is 5.56 Å². The van der Waals surface area contributed by atoms with Crippen molar-refractivity contribution in [3.8, 4) is 5.75 Å². The Labute approximate surface area is 161 Å². The molecule has 0 aliphatic rings. The maximum absolute atomic E-state index is 12.5. The zero-order chi connectivity index (χ0) is 18.0. The lowest BCUT2D eigenvalue weighted by Crippen LogP contribution is -2.22. The van der Waals surface area contributed by atoms with E-state index in [1.165, 1.54) is 23.1 Å². The van der Waals surface area contributed by atoms with Gasteiger partial charge in [-0.1, -0.05) is 11.8 Å². The topological polar surface area (TPSA) is 61.2 Å². The number of carbonyl (C=O) groups is 1. The molecule has 0 saturated heterocycles. The van der Waals surface area contributed by atoms with E-state index >= 15 is 0 Å². The van der Waals surface area contributed by atoms with Crippen LogP contribution in [0.2, 0.25) is 0 Å². The summed E-state index contributed by atoms with van der Waals surface area (Å²) in [5.74, 6) is 0.852. The summed E-state index contributed by atoms with van der Waals surface area (Å²) in [6, 6.07) is 7.05. The summed E-state index contributed by atoms with van der Waals surface area (Å²) in [4.78, 5) is 29.5. The Morgan fingerprint density at radius 2 is 2.20 bits per heavy atom. The van der Waals surface area contributed by atoms with Crippen LogP contribution in [-0.4, -0.2) is 28.2 Å². The number of hydrogen-bond acceptors (Lipinski definition) is 6. The maximum Gasteiger partial charge on any atom is 0.272 e. The third kappa shape index (κ3) is 3.65. The SMILES string of the molecule is CCn1c(SCC(=O)c2ccc(OC)c(Br)c2)nc2ccsc2c1=O. The van der Waals surface area contributed by atoms with Crippen molar-refractivity contribution in [1.29, 1.82) is 0 Å². The normalized spacial score (nSPS) is 11.0. The van der Waals surface area contributed by atoms with Gasteiger partial charge in [0.1, 0.15) is 10.4 Å². The van der Waals surface area contributed by atoms with Crippen LogP contribution >= 0.6 is 39.0 Å². The summed E-state index contributed by atoms with van der Waals surface area (Å²) in [5.41, 5.74) is 1.22. The first-order chi connectivity index (χ1) is 12.0. The smallest absolute Gasteiger partial charge is 0.272 e. The monoisotopic (exact) mass is 438 g/mol. The summed E-state index contributed by atoms with van der Waals surface area (Å²) >= 11 is 6.06. The fourth-order valence-corrected chi connectivity index (χ4v) is 4.64. The zero-order valence-corrected chi connectivity index (χ0v) is 16.8. The van der Waals surface area contributed by atoms with Crippen LogP contribution in [-0.2, 0) is 6.54 Å². The number of thioether (sulfide) groups is 1. The van der Waals surface area contributed by atoms with Crippen LogP contribution in [0.3, 0.4) is 0 Å². The second kappa shape index (κ2) is 7.72. The average Bonchev–Trinajstić information content (AvgIpc) is 3.08. The number of nitrogens with zero attached hydrogens (tertiary/aromatic N) is 2. The lowest BCUT2D eigenvalue weighted by molar-refractivity contribution is 0.102. The largest absolute Gasteiger partial charge is 0.496 e. The fraction of sp³-hybridized carbons (Fsp3) is 0.235. The minimum Gasteiger partial charge on any atom is -0.496 e. The molecule has 0 aliphatic carbocycles. The minimum absolute atomic E-state index is 0.0318. The van der Waals surface area contributed by atoms with Crippen molar-refractivity contribution in [3.05, 3.63) is 50.0 Å². The molecule has 0 radical (unpaired) electrons. The van der Waals surface area contributed by atoms with Gasteiger partial charge in [-0.15, -0.1) is 11.3 Å². The summed E-state index contributed by atoms with van der Waals surface area (Å²) in [6.07, 6.45) is 0. The number of thiophene rings is 1. The Bertz CT molecular complexity index is 997. The van der Waals surface area contributed by atoms with Crippen molar-refractivity contribution in [2.45, 2.75) is 18.6 Å². The lowest BCUT2D eigenvalue weighted by atomic mass is 10.1. The van der Waals surface area contributed by atoms with E-state index in [-0.39, 0.29) is 17.1 Å². The Kier molecular flexibility index (Phi) is 5.61. The van der Waals surface area contributed by atoms with E-state index in [0.29, 0.717) is 33.2 Å². The molecule has 0 atom stereocenters. The number of Topliss-reactive ketones (excluding diaryl/α,β-unsaturated/α-hetero) is 1. The van der Waals surface area contributed by atoms with Crippen molar-refractivity contribution in [3.63, 3.8) is 0 Å². The summed E-state index contributed by atoms with van der Waals surface area (Å²) in [7, 11) is 1.58. The number of rotatable bonds is 6. The Balaban J connectivity index is 1.83. The summed E-state index contributed by atoms with van der Waals surface area (Å²) in [5, 5.41) is 2.42. The number of hydrogen-bond donors (Lipinski definition) is 0. The van der Waals surface area contributed by atoms with Crippen molar-refractivity contribution in [2.75, 3.05) is 12.9 Å². The molecule has 0 aliphatic heterocycles. The van der Waals surface area contributed by atoms with Crippen LogP contribution in [0.5, 0.6) is 5.75 Å². The number of ketones is 1. The molecule has 0 N–H and O–H groups in total. The van der Waals surface area contributed by atoms with Gasteiger partial charge in [0, 0.05) is 12.1 Å². The molecule has 0 unspecified atom stereocenters. The zero-order valence-electron chi connectivity index (χ0n) is 13.6. The molecule has 8 heteroatoms. The van der Waals surface area contributed by atoms with Gasteiger partial charge in [0.05, 0.1) is 22.9 Å². The lowest BCUT2D eigenvalue weighted by Gasteiger charge is -2.10.